The van der Waals surface area contributed by atoms with Crippen molar-refractivity contribution in [2.45, 2.75) is 12.6 Å². The van der Waals surface area contributed by atoms with Crippen LogP contribution in [0.4, 0.5) is 0 Å². The molecule has 0 spiro atoms. The first-order valence-electron chi connectivity index (χ1n) is 10.1. The van der Waals surface area contributed by atoms with Gasteiger partial charge in [0.2, 0.25) is 5.91 Å². The molecule has 2 saturated heterocycles. The lowest BCUT2D eigenvalue weighted by molar-refractivity contribution is -0.131. The normalized spacial score (nSPS) is 23.4. The molecular weight excluding hydrogens is 400 g/mol. The van der Waals surface area contributed by atoms with E-state index in [9.17, 15) is 9.59 Å². The maximum atomic E-state index is 13.0. The quantitative estimate of drug-likeness (QED) is 0.648. The molecule has 1 amide bonds. The van der Waals surface area contributed by atoms with Crippen molar-refractivity contribution in [2.24, 2.45) is 11.8 Å². The van der Waals surface area contributed by atoms with Crippen molar-refractivity contribution in [3.05, 3.63) is 76.8 Å². The van der Waals surface area contributed by atoms with Gasteiger partial charge in [0.25, 0.3) is 5.56 Å². The second-order valence-corrected chi connectivity index (χ2v) is 8.21. The van der Waals surface area contributed by atoms with Gasteiger partial charge in [0.1, 0.15) is 6.54 Å². The first-order valence-corrected chi connectivity index (χ1v) is 10.1. The zero-order chi connectivity index (χ0) is 20.0. The number of likely N-dealkylation sites (tertiary alicyclic amines) is 2. The third-order valence-electron chi connectivity index (χ3n) is 6.43. The van der Waals surface area contributed by atoms with Gasteiger partial charge in [0.15, 0.2) is 0 Å². The largest absolute Gasteiger partial charge is 0.340 e. The Morgan fingerprint density at radius 2 is 1.77 bits per heavy atom. The van der Waals surface area contributed by atoms with Gasteiger partial charge in [0, 0.05) is 31.6 Å². The van der Waals surface area contributed by atoms with E-state index in [4.69, 9.17) is 0 Å². The van der Waals surface area contributed by atoms with Crippen molar-refractivity contribution in [3.8, 4) is 0 Å². The molecule has 2 aliphatic heterocycles. The van der Waals surface area contributed by atoms with Crippen molar-refractivity contribution in [1.29, 1.82) is 0 Å². The summed E-state index contributed by atoms with van der Waals surface area (Å²) in [6.07, 6.45) is 1.49. The van der Waals surface area contributed by atoms with Crippen molar-refractivity contribution >= 4 is 29.2 Å². The number of rotatable bonds is 3. The van der Waals surface area contributed by atoms with Gasteiger partial charge in [-0.1, -0.05) is 42.5 Å². The molecule has 1 aromatic heterocycles. The van der Waals surface area contributed by atoms with Gasteiger partial charge in [-0.25, -0.2) is 4.98 Å². The maximum Gasteiger partial charge on any atom is 0.261 e. The van der Waals surface area contributed by atoms with Crippen LogP contribution in [-0.4, -0.2) is 51.9 Å². The number of hydrogen-bond donors (Lipinski definition) is 0. The fraction of sp³-hybridized carbons (Fsp3) is 0.348. The van der Waals surface area contributed by atoms with E-state index < -0.39 is 0 Å². The summed E-state index contributed by atoms with van der Waals surface area (Å²) in [5, 5.41) is 0.548. The molecule has 5 rings (SSSR count). The Bertz CT molecular complexity index is 1120. The van der Waals surface area contributed by atoms with E-state index >= 15 is 0 Å². The Morgan fingerprint density at radius 3 is 2.57 bits per heavy atom. The average Bonchev–Trinajstić information content (AvgIpc) is 3.27. The predicted molar refractivity (Wildman–Crippen MR) is 119 cm³/mol. The topological polar surface area (TPSA) is 58.4 Å². The SMILES string of the molecule is CN1C[C@H]2CN(C(=O)Cn3cnc4ccccc4c3=O)C[C@H]2[C@@H]1c1ccccc1.Cl. The zero-order valence-corrected chi connectivity index (χ0v) is 17.7. The van der Waals surface area contributed by atoms with E-state index in [1.54, 1.807) is 6.07 Å². The Morgan fingerprint density at radius 1 is 1.03 bits per heavy atom. The summed E-state index contributed by atoms with van der Waals surface area (Å²) in [6, 6.07) is 18.1. The molecule has 0 N–H and O–H groups in total. The van der Waals surface area contributed by atoms with Crippen LogP contribution in [0, 0.1) is 11.8 Å². The molecule has 2 aromatic carbocycles. The lowest BCUT2D eigenvalue weighted by Gasteiger charge is -2.27. The Balaban J connectivity index is 0.00000218. The Labute approximate surface area is 181 Å². The smallest absolute Gasteiger partial charge is 0.261 e. The van der Waals surface area contributed by atoms with Gasteiger partial charge in [-0.3, -0.25) is 19.1 Å². The number of amides is 1. The molecule has 156 valence electrons. The highest BCUT2D eigenvalue weighted by atomic mass is 35.5. The van der Waals surface area contributed by atoms with Crippen LogP contribution in [0.25, 0.3) is 10.9 Å². The van der Waals surface area contributed by atoms with Crippen LogP contribution in [0.1, 0.15) is 11.6 Å². The van der Waals surface area contributed by atoms with Gasteiger partial charge < -0.3 is 4.90 Å². The summed E-state index contributed by atoms with van der Waals surface area (Å²) in [6.45, 7) is 2.53. The third kappa shape index (κ3) is 3.50. The fourth-order valence-corrected chi connectivity index (χ4v) is 5.08. The van der Waals surface area contributed by atoms with Crippen LogP contribution in [0.2, 0.25) is 0 Å². The maximum absolute atomic E-state index is 13.0. The first-order chi connectivity index (χ1) is 14.1. The second-order valence-electron chi connectivity index (χ2n) is 8.21. The average molecular weight is 425 g/mol. The van der Waals surface area contributed by atoms with E-state index in [1.165, 1.54) is 16.5 Å². The van der Waals surface area contributed by atoms with Gasteiger partial charge >= 0.3 is 0 Å². The van der Waals surface area contributed by atoms with Crippen molar-refractivity contribution in [3.63, 3.8) is 0 Å². The molecule has 0 saturated carbocycles. The van der Waals surface area contributed by atoms with Crippen LogP contribution in [0.3, 0.4) is 0 Å². The highest BCUT2D eigenvalue weighted by molar-refractivity contribution is 5.85. The minimum Gasteiger partial charge on any atom is -0.340 e. The molecule has 0 unspecified atom stereocenters. The lowest BCUT2D eigenvalue weighted by Crippen LogP contribution is -2.37. The summed E-state index contributed by atoms with van der Waals surface area (Å²) in [5.74, 6) is 0.895. The van der Waals surface area contributed by atoms with Crippen molar-refractivity contribution < 1.29 is 4.79 Å². The summed E-state index contributed by atoms with van der Waals surface area (Å²) >= 11 is 0. The van der Waals surface area contributed by atoms with E-state index in [0.29, 0.717) is 28.8 Å². The van der Waals surface area contributed by atoms with Gasteiger partial charge in [-0.15, -0.1) is 12.4 Å². The van der Waals surface area contributed by atoms with Crippen LogP contribution in [0.15, 0.2) is 65.7 Å². The van der Waals surface area contributed by atoms with Crippen molar-refractivity contribution in [2.75, 3.05) is 26.7 Å². The molecule has 3 atom stereocenters. The van der Waals surface area contributed by atoms with E-state index in [2.05, 4.69) is 41.2 Å². The number of benzene rings is 2. The minimum atomic E-state index is -0.162. The van der Waals surface area contributed by atoms with Crippen LogP contribution in [0.5, 0.6) is 0 Å². The first kappa shape index (κ1) is 20.6. The number of nitrogens with zero attached hydrogens (tertiary/aromatic N) is 4. The summed E-state index contributed by atoms with van der Waals surface area (Å²) in [7, 11) is 2.17. The molecule has 7 heteroatoms. The number of para-hydroxylation sites is 1. The van der Waals surface area contributed by atoms with Gasteiger partial charge in [-0.05, 0) is 30.7 Å². The van der Waals surface area contributed by atoms with E-state index in [0.717, 1.165) is 19.6 Å². The molecule has 30 heavy (non-hydrogen) atoms. The van der Waals surface area contributed by atoms with Gasteiger partial charge in [0.05, 0.1) is 17.2 Å². The molecule has 6 nitrogen and oxygen atoms in total. The Kier molecular flexibility index (Phi) is 5.62. The fourth-order valence-electron chi connectivity index (χ4n) is 5.08. The molecule has 2 aliphatic rings. The van der Waals surface area contributed by atoms with Gasteiger partial charge in [-0.2, -0.15) is 0 Å². The number of carbonyl (C=O) groups excluding carboxylic acids is 1. The molecule has 0 aliphatic carbocycles. The molecule has 2 fully saturated rings. The van der Waals surface area contributed by atoms with E-state index in [-0.39, 0.29) is 30.4 Å². The molecule has 3 heterocycles. The summed E-state index contributed by atoms with van der Waals surface area (Å²) in [5.41, 5.74) is 1.81. The minimum absolute atomic E-state index is 0. The van der Waals surface area contributed by atoms with Crippen LogP contribution in [-0.2, 0) is 11.3 Å². The predicted octanol–water partition coefficient (Wildman–Crippen LogP) is 2.58. The van der Waals surface area contributed by atoms with Crippen LogP contribution >= 0.6 is 12.4 Å². The molecule has 0 radical (unpaired) electrons. The summed E-state index contributed by atoms with van der Waals surface area (Å²) < 4.78 is 1.43. The standard InChI is InChI=1S/C23H24N4O2.ClH/c1-25-11-17-12-26(13-19(17)22(25)16-7-3-2-4-8-16)21(28)14-27-15-24-20-10-6-5-9-18(20)23(27)29;/h2-10,15,17,19,22H,11-14H2,1H3;1H/t17-,19+,22-;/m0./s1. The highest BCUT2D eigenvalue weighted by Gasteiger charge is 2.47. The monoisotopic (exact) mass is 424 g/mol. The summed E-state index contributed by atoms with van der Waals surface area (Å²) in [4.78, 5) is 34.3. The number of hydrogen-bond acceptors (Lipinski definition) is 4. The number of halogens is 1. The lowest BCUT2D eigenvalue weighted by atomic mass is 9.90. The molecule has 0 bridgehead atoms. The Hall–Kier alpha value is -2.70. The highest BCUT2D eigenvalue weighted by Crippen LogP contribution is 2.43. The van der Waals surface area contributed by atoms with E-state index in [1.807, 2.05) is 29.2 Å². The zero-order valence-electron chi connectivity index (χ0n) is 16.8. The van der Waals surface area contributed by atoms with Crippen LogP contribution < -0.4 is 5.56 Å². The third-order valence-corrected chi connectivity index (χ3v) is 6.43. The number of carbonyl (C=O) groups is 1. The van der Waals surface area contributed by atoms with Crippen molar-refractivity contribution in [1.82, 2.24) is 19.4 Å². The second kappa shape index (κ2) is 8.20. The molecule has 3 aromatic rings. The number of fused-ring (bicyclic) bond motifs is 2. The number of aromatic nitrogens is 2. The molecular formula is C23H25ClN4O2.